The predicted molar refractivity (Wildman–Crippen MR) is 65.4 cm³/mol. The van der Waals surface area contributed by atoms with Crippen LogP contribution >= 0.6 is 0 Å². The largest absolute Gasteiger partial charge is 0.455 e. The molecule has 0 atom stereocenters. The maximum atomic E-state index is 5.33. The first kappa shape index (κ1) is 12.0. The van der Waals surface area contributed by atoms with E-state index < -0.39 is 0 Å². The molecule has 0 aromatic heterocycles. The van der Waals surface area contributed by atoms with Gasteiger partial charge in [-0.25, -0.2) is 0 Å². The van der Waals surface area contributed by atoms with E-state index in [9.17, 15) is 0 Å². The summed E-state index contributed by atoms with van der Waals surface area (Å²) < 4.78 is 15.9. The summed E-state index contributed by atoms with van der Waals surface area (Å²) in [6.07, 6.45) is 2.82. The molecule has 1 aromatic rings. The molecule has 0 saturated heterocycles. The zero-order chi connectivity index (χ0) is 12.3. The molecule has 0 spiro atoms. The number of benzene rings is 1. The Labute approximate surface area is 102 Å². The summed E-state index contributed by atoms with van der Waals surface area (Å²) >= 11 is 0. The molecule has 3 nitrogen and oxygen atoms in total. The molecule has 1 aromatic carbocycles. The third kappa shape index (κ3) is 2.61. The Morgan fingerprint density at radius 2 is 1.94 bits per heavy atom. The minimum Gasteiger partial charge on any atom is -0.455 e. The molecule has 0 amide bonds. The lowest BCUT2D eigenvalue weighted by atomic mass is 9.85. The lowest BCUT2D eigenvalue weighted by Crippen LogP contribution is -2.23. The van der Waals surface area contributed by atoms with Gasteiger partial charge in [0.2, 0.25) is 0 Å². The first-order chi connectivity index (χ1) is 8.13. The van der Waals surface area contributed by atoms with Crippen molar-refractivity contribution in [2.45, 2.75) is 25.6 Å². The van der Waals surface area contributed by atoms with E-state index in [2.05, 4.69) is 26.0 Å². The van der Waals surface area contributed by atoms with Crippen LogP contribution in [0, 0.1) is 0 Å². The molecule has 17 heavy (non-hydrogen) atoms. The minimum atomic E-state index is -0.312. The highest BCUT2D eigenvalue weighted by molar-refractivity contribution is 5.30. The van der Waals surface area contributed by atoms with Crippen molar-refractivity contribution in [3.05, 3.63) is 47.9 Å². The van der Waals surface area contributed by atoms with E-state index in [0.717, 1.165) is 5.56 Å². The summed E-state index contributed by atoms with van der Waals surface area (Å²) in [6, 6.07) is 8.23. The van der Waals surface area contributed by atoms with Gasteiger partial charge in [-0.3, -0.25) is 0 Å². The molecule has 92 valence electrons. The Hall–Kier alpha value is -1.48. The van der Waals surface area contributed by atoms with Crippen molar-refractivity contribution in [1.82, 2.24) is 0 Å². The lowest BCUT2D eigenvalue weighted by Gasteiger charge is -2.25. The molecule has 0 aliphatic carbocycles. The topological polar surface area (TPSA) is 27.7 Å². The summed E-state index contributed by atoms with van der Waals surface area (Å²) in [5.41, 5.74) is 2.23. The van der Waals surface area contributed by atoms with Crippen LogP contribution in [0.2, 0.25) is 0 Å². The quantitative estimate of drug-likeness (QED) is 0.801. The monoisotopic (exact) mass is 234 g/mol. The molecule has 1 aliphatic heterocycles. The van der Waals surface area contributed by atoms with Gasteiger partial charge in [-0.2, -0.15) is 0 Å². The molecule has 0 fully saturated rings. The second-order valence-electron chi connectivity index (χ2n) is 4.82. The van der Waals surface area contributed by atoms with Gasteiger partial charge in [0, 0.05) is 18.1 Å². The maximum Gasteiger partial charge on any atom is 0.266 e. The van der Waals surface area contributed by atoms with Crippen molar-refractivity contribution >= 4 is 0 Å². The molecular weight excluding hydrogens is 216 g/mol. The van der Waals surface area contributed by atoms with Crippen molar-refractivity contribution in [2.75, 3.05) is 13.7 Å². The molecule has 3 heteroatoms. The molecule has 0 radical (unpaired) electrons. The van der Waals surface area contributed by atoms with Crippen LogP contribution in [0.4, 0.5) is 0 Å². The molecule has 0 saturated carbocycles. The van der Waals surface area contributed by atoms with Crippen molar-refractivity contribution < 1.29 is 14.2 Å². The second-order valence-corrected chi connectivity index (χ2v) is 4.82. The highest BCUT2D eigenvalue weighted by Gasteiger charge is 2.23. The number of methoxy groups -OCH3 is 1. The van der Waals surface area contributed by atoms with Crippen LogP contribution in [0.5, 0.6) is 0 Å². The van der Waals surface area contributed by atoms with E-state index in [1.807, 2.05) is 12.1 Å². The van der Waals surface area contributed by atoms with E-state index >= 15 is 0 Å². The van der Waals surface area contributed by atoms with Crippen LogP contribution in [0.3, 0.4) is 0 Å². The van der Waals surface area contributed by atoms with Crippen LogP contribution in [-0.4, -0.2) is 13.7 Å². The fourth-order valence-electron chi connectivity index (χ4n) is 1.95. The summed E-state index contributed by atoms with van der Waals surface area (Å²) in [6.45, 7) is 5.00. The van der Waals surface area contributed by atoms with Crippen LogP contribution in [0.1, 0.15) is 31.3 Å². The average molecular weight is 234 g/mol. The molecule has 2 rings (SSSR count). The van der Waals surface area contributed by atoms with Crippen molar-refractivity contribution in [2.24, 2.45) is 0 Å². The van der Waals surface area contributed by atoms with Gasteiger partial charge < -0.3 is 14.2 Å². The third-order valence-electron chi connectivity index (χ3n) is 2.91. The first-order valence-electron chi connectivity index (χ1n) is 5.69. The van der Waals surface area contributed by atoms with Gasteiger partial charge in [0.25, 0.3) is 6.29 Å². The number of hydrogen-bond acceptors (Lipinski definition) is 3. The zero-order valence-corrected chi connectivity index (χ0v) is 10.5. The number of ether oxygens (including phenoxy) is 3. The third-order valence-corrected chi connectivity index (χ3v) is 2.91. The summed E-state index contributed by atoms with van der Waals surface area (Å²) in [4.78, 5) is 0. The van der Waals surface area contributed by atoms with Crippen LogP contribution in [-0.2, 0) is 19.6 Å². The smallest absolute Gasteiger partial charge is 0.266 e. The molecule has 0 bridgehead atoms. The molecule has 0 unspecified atom stereocenters. The Bertz CT molecular complexity index is 402. The highest BCUT2D eigenvalue weighted by atomic mass is 16.7. The van der Waals surface area contributed by atoms with Crippen LogP contribution < -0.4 is 0 Å². The summed E-state index contributed by atoms with van der Waals surface area (Å²) in [7, 11) is 1.72. The summed E-state index contributed by atoms with van der Waals surface area (Å²) in [5, 5.41) is 0. The SMILES string of the molecule is COCC(C)(C)c1cccc(C2OC=CO2)c1. The average Bonchev–Trinajstić information content (AvgIpc) is 2.82. The Morgan fingerprint density at radius 3 is 2.59 bits per heavy atom. The lowest BCUT2D eigenvalue weighted by molar-refractivity contribution is -0.0247. The summed E-state index contributed by atoms with van der Waals surface area (Å²) in [5.74, 6) is 0. The predicted octanol–water partition coefficient (Wildman–Crippen LogP) is 3.13. The van der Waals surface area contributed by atoms with Crippen LogP contribution in [0.25, 0.3) is 0 Å². The van der Waals surface area contributed by atoms with Gasteiger partial charge >= 0.3 is 0 Å². The molecule has 1 aliphatic rings. The molecular formula is C14H18O3. The van der Waals surface area contributed by atoms with E-state index in [4.69, 9.17) is 14.2 Å². The number of hydrogen-bond donors (Lipinski definition) is 0. The Balaban J connectivity index is 2.21. The van der Waals surface area contributed by atoms with E-state index in [-0.39, 0.29) is 11.7 Å². The first-order valence-corrected chi connectivity index (χ1v) is 5.69. The fraction of sp³-hybridized carbons (Fsp3) is 0.429. The second kappa shape index (κ2) is 4.80. The Kier molecular flexibility index (Phi) is 3.38. The van der Waals surface area contributed by atoms with Gasteiger partial charge in [-0.1, -0.05) is 32.0 Å². The van der Waals surface area contributed by atoms with E-state index in [0.29, 0.717) is 6.61 Å². The zero-order valence-electron chi connectivity index (χ0n) is 10.5. The van der Waals surface area contributed by atoms with E-state index in [1.165, 1.54) is 5.56 Å². The van der Waals surface area contributed by atoms with Crippen LogP contribution in [0.15, 0.2) is 36.8 Å². The normalized spacial score (nSPS) is 15.7. The maximum absolute atomic E-state index is 5.33. The van der Waals surface area contributed by atoms with Crippen molar-refractivity contribution in [3.63, 3.8) is 0 Å². The van der Waals surface area contributed by atoms with Gasteiger partial charge in [0.15, 0.2) is 0 Å². The van der Waals surface area contributed by atoms with Gasteiger partial charge in [-0.15, -0.1) is 0 Å². The standard InChI is InChI=1S/C14H18O3/c1-14(2,10-15-3)12-6-4-5-11(9-12)13-16-7-8-17-13/h4-9,13H,10H2,1-3H3. The van der Waals surface area contributed by atoms with Gasteiger partial charge in [-0.05, 0) is 11.6 Å². The van der Waals surface area contributed by atoms with Crippen molar-refractivity contribution in [3.8, 4) is 0 Å². The van der Waals surface area contributed by atoms with Crippen molar-refractivity contribution in [1.29, 1.82) is 0 Å². The minimum absolute atomic E-state index is 0.0171. The highest BCUT2D eigenvalue weighted by Crippen LogP contribution is 2.29. The fourth-order valence-corrected chi connectivity index (χ4v) is 1.95. The molecule has 1 heterocycles. The van der Waals surface area contributed by atoms with Gasteiger partial charge in [0.1, 0.15) is 12.5 Å². The van der Waals surface area contributed by atoms with E-state index in [1.54, 1.807) is 19.6 Å². The number of rotatable bonds is 4. The van der Waals surface area contributed by atoms with Gasteiger partial charge in [0.05, 0.1) is 6.61 Å². The Morgan fingerprint density at radius 1 is 1.24 bits per heavy atom. The molecule has 0 N–H and O–H groups in total.